The van der Waals surface area contributed by atoms with Crippen LogP contribution >= 0.6 is 0 Å². The molecule has 0 radical (unpaired) electrons. The van der Waals surface area contributed by atoms with E-state index >= 15 is 0 Å². The third-order valence-corrected chi connectivity index (χ3v) is 3.26. The Morgan fingerprint density at radius 1 is 1.19 bits per heavy atom. The number of nitro groups is 1. The Hall–Kier alpha value is -2.40. The molecule has 2 N–H and O–H groups in total. The second-order valence-corrected chi connectivity index (χ2v) is 5.09. The number of nitro benzene ring substituents is 1. The molecule has 0 amide bonds. The molecular weight excluding hydrogens is 268 g/mol. The monoisotopic (exact) mass is 286 g/mol. The molecule has 0 spiro atoms. The van der Waals surface area contributed by atoms with Crippen LogP contribution < -0.4 is 5.32 Å². The van der Waals surface area contributed by atoms with Crippen molar-refractivity contribution in [3.8, 4) is 0 Å². The molecule has 0 bridgehead atoms. The fourth-order valence-corrected chi connectivity index (χ4v) is 2.14. The number of aryl methyl sites for hydroxylation is 2. The Labute approximate surface area is 123 Å². The SMILES string of the molecule is Cc1cccc(C(O)CNc2ccc(C)cc2[N+](=O)[O-])c1. The highest BCUT2D eigenvalue weighted by Crippen LogP contribution is 2.26. The van der Waals surface area contributed by atoms with E-state index in [0.717, 1.165) is 16.7 Å². The van der Waals surface area contributed by atoms with E-state index in [9.17, 15) is 15.2 Å². The van der Waals surface area contributed by atoms with Crippen LogP contribution in [0.5, 0.6) is 0 Å². The molecule has 0 aliphatic heterocycles. The zero-order valence-electron chi connectivity index (χ0n) is 12.0. The van der Waals surface area contributed by atoms with Crippen molar-refractivity contribution in [3.05, 3.63) is 69.3 Å². The van der Waals surface area contributed by atoms with E-state index in [1.165, 1.54) is 6.07 Å². The maximum atomic E-state index is 11.0. The van der Waals surface area contributed by atoms with E-state index in [0.29, 0.717) is 5.69 Å². The summed E-state index contributed by atoms with van der Waals surface area (Å²) < 4.78 is 0. The molecule has 0 aromatic heterocycles. The second-order valence-electron chi connectivity index (χ2n) is 5.09. The molecule has 2 rings (SSSR count). The topological polar surface area (TPSA) is 75.4 Å². The summed E-state index contributed by atoms with van der Waals surface area (Å²) in [5.41, 5.74) is 3.11. The Morgan fingerprint density at radius 3 is 2.57 bits per heavy atom. The van der Waals surface area contributed by atoms with Gasteiger partial charge >= 0.3 is 0 Å². The van der Waals surface area contributed by atoms with Crippen LogP contribution in [-0.4, -0.2) is 16.6 Å². The molecule has 0 aliphatic rings. The van der Waals surface area contributed by atoms with Crippen molar-refractivity contribution in [2.45, 2.75) is 20.0 Å². The first-order chi connectivity index (χ1) is 9.97. The zero-order chi connectivity index (χ0) is 15.4. The van der Waals surface area contributed by atoms with Gasteiger partial charge in [0.15, 0.2) is 0 Å². The molecule has 0 saturated heterocycles. The lowest BCUT2D eigenvalue weighted by Gasteiger charge is -2.14. The van der Waals surface area contributed by atoms with E-state index in [4.69, 9.17) is 0 Å². The van der Waals surface area contributed by atoms with Gasteiger partial charge in [-0.3, -0.25) is 10.1 Å². The molecule has 5 nitrogen and oxygen atoms in total. The molecule has 1 atom stereocenters. The van der Waals surface area contributed by atoms with Gasteiger partial charge in [-0.05, 0) is 31.0 Å². The van der Waals surface area contributed by atoms with E-state index in [1.807, 2.05) is 31.2 Å². The van der Waals surface area contributed by atoms with Gasteiger partial charge in [0, 0.05) is 12.6 Å². The van der Waals surface area contributed by atoms with E-state index in [-0.39, 0.29) is 12.2 Å². The third-order valence-electron chi connectivity index (χ3n) is 3.26. The molecule has 5 heteroatoms. The van der Waals surface area contributed by atoms with Gasteiger partial charge in [0.05, 0.1) is 11.0 Å². The van der Waals surface area contributed by atoms with Crippen LogP contribution in [0, 0.1) is 24.0 Å². The van der Waals surface area contributed by atoms with Gasteiger partial charge in [0.25, 0.3) is 5.69 Å². The van der Waals surface area contributed by atoms with Gasteiger partial charge in [-0.1, -0.05) is 35.9 Å². The highest BCUT2D eigenvalue weighted by molar-refractivity contribution is 5.62. The molecule has 2 aromatic rings. The predicted molar refractivity (Wildman–Crippen MR) is 82.5 cm³/mol. The summed E-state index contributed by atoms with van der Waals surface area (Å²) in [4.78, 5) is 10.6. The first-order valence-corrected chi connectivity index (χ1v) is 6.71. The van der Waals surface area contributed by atoms with E-state index < -0.39 is 11.0 Å². The maximum absolute atomic E-state index is 11.0. The number of aliphatic hydroxyl groups is 1. The van der Waals surface area contributed by atoms with Crippen molar-refractivity contribution in [1.82, 2.24) is 0 Å². The normalized spacial score (nSPS) is 12.0. The van der Waals surface area contributed by atoms with Crippen molar-refractivity contribution in [3.63, 3.8) is 0 Å². The standard InChI is InChI=1S/C16H18N2O3/c1-11-4-3-5-13(8-11)16(19)10-17-14-7-6-12(2)9-15(14)18(20)21/h3-9,16-17,19H,10H2,1-2H3. The van der Waals surface area contributed by atoms with Crippen LogP contribution in [0.4, 0.5) is 11.4 Å². The summed E-state index contributed by atoms with van der Waals surface area (Å²) in [6.07, 6.45) is -0.717. The smallest absolute Gasteiger partial charge is 0.292 e. The van der Waals surface area contributed by atoms with Crippen LogP contribution in [0.15, 0.2) is 42.5 Å². The Kier molecular flexibility index (Phi) is 4.55. The van der Waals surface area contributed by atoms with Crippen LogP contribution in [0.25, 0.3) is 0 Å². The molecule has 0 aliphatic carbocycles. The average molecular weight is 286 g/mol. The minimum absolute atomic E-state index is 0.0199. The van der Waals surface area contributed by atoms with Crippen molar-refractivity contribution >= 4 is 11.4 Å². The predicted octanol–water partition coefficient (Wildman–Crippen LogP) is 3.36. The molecule has 2 aromatic carbocycles. The van der Waals surface area contributed by atoms with Crippen LogP contribution in [0.1, 0.15) is 22.8 Å². The number of hydrogen-bond donors (Lipinski definition) is 2. The van der Waals surface area contributed by atoms with Gasteiger partial charge < -0.3 is 10.4 Å². The quantitative estimate of drug-likeness (QED) is 0.653. The summed E-state index contributed by atoms with van der Waals surface area (Å²) in [7, 11) is 0. The van der Waals surface area contributed by atoms with Gasteiger partial charge in [-0.15, -0.1) is 0 Å². The molecule has 1 unspecified atom stereocenters. The summed E-state index contributed by atoms with van der Waals surface area (Å²) in [5.74, 6) is 0. The van der Waals surface area contributed by atoms with Crippen molar-refractivity contribution in [2.24, 2.45) is 0 Å². The van der Waals surface area contributed by atoms with Gasteiger partial charge in [0.1, 0.15) is 5.69 Å². The lowest BCUT2D eigenvalue weighted by Crippen LogP contribution is -2.13. The minimum Gasteiger partial charge on any atom is -0.387 e. The summed E-state index contributed by atoms with van der Waals surface area (Å²) >= 11 is 0. The van der Waals surface area contributed by atoms with Crippen molar-refractivity contribution in [1.29, 1.82) is 0 Å². The van der Waals surface area contributed by atoms with Crippen molar-refractivity contribution in [2.75, 3.05) is 11.9 Å². The summed E-state index contributed by atoms with van der Waals surface area (Å²) in [6.45, 7) is 3.97. The zero-order valence-corrected chi connectivity index (χ0v) is 12.0. The lowest BCUT2D eigenvalue weighted by atomic mass is 10.1. The fourth-order valence-electron chi connectivity index (χ4n) is 2.14. The second kappa shape index (κ2) is 6.37. The maximum Gasteiger partial charge on any atom is 0.292 e. The van der Waals surface area contributed by atoms with Crippen molar-refractivity contribution < 1.29 is 10.0 Å². The highest BCUT2D eigenvalue weighted by Gasteiger charge is 2.15. The van der Waals surface area contributed by atoms with Crippen LogP contribution in [-0.2, 0) is 0 Å². The molecule has 0 heterocycles. The number of nitrogens with one attached hydrogen (secondary N) is 1. The van der Waals surface area contributed by atoms with Gasteiger partial charge in [0.2, 0.25) is 0 Å². The summed E-state index contributed by atoms with van der Waals surface area (Å²) in [6, 6.07) is 12.5. The van der Waals surface area contributed by atoms with Gasteiger partial charge in [-0.25, -0.2) is 0 Å². The Morgan fingerprint density at radius 2 is 1.90 bits per heavy atom. The molecule has 0 fully saturated rings. The lowest BCUT2D eigenvalue weighted by molar-refractivity contribution is -0.384. The average Bonchev–Trinajstić information content (AvgIpc) is 2.45. The summed E-state index contributed by atoms with van der Waals surface area (Å²) in [5, 5.41) is 24.1. The highest BCUT2D eigenvalue weighted by atomic mass is 16.6. The number of benzene rings is 2. The number of hydrogen-bond acceptors (Lipinski definition) is 4. The number of anilines is 1. The fraction of sp³-hybridized carbons (Fsp3) is 0.250. The third kappa shape index (κ3) is 3.79. The van der Waals surface area contributed by atoms with E-state index in [1.54, 1.807) is 19.1 Å². The molecule has 110 valence electrons. The molecular formula is C16H18N2O3. The first-order valence-electron chi connectivity index (χ1n) is 6.71. The number of rotatable bonds is 5. The molecule has 21 heavy (non-hydrogen) atoms. The minimum atomic E-state index is -0.717. The van der Waals surface area contributed by atoms with E-state index in [2.05, 4.69) is 5.32 Å². The largest absolute Gasteiger partial charge is 0.387 e. The molecule has 0 saturated carbocycles. The van der Waals surface area contributed by atoms with Crippen LogP contribution in [0.3, 0.4) is 0 Å². The number of nitrogens with zero attached hydrogens (tertiary/aromatic N) is 1. The first kappa shape index (κ1) is 15.0. The number of aliphatic hydroxyl groups excluding tert-OH is 1. The van der Waals surface area contributed by atoms with Gasteiger partial charge in [-0.2, -0.15) is 0 Å². The Bertz CT molecular complexity index is 656. The Balaban J connectivity index is 2.11. The van der Waals surface area contributed by atoms with Crippen LogP contribution in [0.2, 0.25) is 0 Å².